The van der Waals surface area contributed by atoms with Crippen LogP contribution in [-0.4, -0.2) is 80.1 Å². The molecule has 2 saturated heterocycles. The van der Waals surface area contributed by atoms with Gasteiger partial charge < -0.3 is 25.3 Å². The number of likely N-dealkylation sites (N-methyl/N-ethyl adjacent to an activating group) is 1. The smallest absolute Gasteiger partial charge is 0.315 e. The maximum absolute atomic E-state index is 13.4. The van der Waals surface area contributed by atoms with Gasteiger partial charge in [-0.1, -0.05) is 13.0 Å². The van der Waals surface area contributed by atoms with Crippen molar-refractivity contribution in [2.75, 3.05) is 57.3 Å². The van der Waals surface area contributed by atoms with Crippen molar-refractivity contribution in [2.24, 2.45) is 0 Å². The van der Waals surface area contributed by atoms with Crippen molar-refractivity contribution < 1.29 is 14.0 Å². The minimum absolute atomic E-state index is 0.109. The number of anilines is 1. The lowest BCUT2D eigenvalue weighted by molar-refractivity contribution is -0.117. The monoisotopic (exact) mass is 391 g/mol. The number of hydrogen-bond donors (Lipinski definition) is 2. The highest BCUT2D eigenvalue weighted by Gasteiger charge is 2.31. The molecule has 3 amide bonds. The number of amides is 3. The first-order chi connectivity index (χ1) is 13.5. The molecule has 0 radical (unpaired) electrons. The number of piperazine rings is 1. The Hall–Kier alpha value is -2.19. The van der Waals surface area contributed by atoms with Crippen LogP contribution in [0.4, 0.5) is 14.9 Å². The van der Waals surface area contributed by atoms with Gasteiger partial charge in [-0.2, -0.15) is 0 Å². The zero-order chi connectivity index (χ0) is 19.9. The van der Waals surface area contributed by atoms with Gasteiger partial charge in [-0.15, -0.1) is 0 Å². The second-order valence-electron chi connectivity index (χ2n) is 7.41. The Bertz CT molecular complexity index is 678. The molecule has 0 saturated carbocycles. The summed E-state index contributed by atoms with van der Waals surface area (Å²) in [4.78, 5) is 30.7. The fourth-order valence-electron chi connectivity index (χ4n) is 3.77. The van der Waals surface area contributed by atoms with E-state index in [1.807, 2.05) is 0 Å². The molecule has 0 unspecified atom stereocenters. The molecule has 2 heterocycles. The summed E-state index contributed by atoms with van der Waals surface area (Å²) >= 11 is 0. The summed E-state index contributed by atoms with van der Waals surface area (Å²) in [5, 5.41) is 5.72. The zero-order valence-corrected chi connectivity index (χ0v) is 16.5. The Labute approximate surface area is 165 Å². The second-order valence-corrected chi connectivity index (χ2v) is 7.41. The standard InChI is InChI=1S/C20H30FN5O2/c1-2-24-9-11-25(12-10-24)8-4-7-22-20(28)23-17-14-19(27)26(15-17)18-6-3-5-16(21)13-18/h3,5-6,13,17H,2,4,7-12,14-15H2,1H3,(H2,22,23,28)/t17-/m0/s1. The topological polar surface area (TPSA) is 67.9 Å². The van der Waals surface area contributed by atoms with Crippen molar-refractivity contribution in [3.63, 3.8) is 0 Å². The van der Waals surface area contributed by atoms with Crippen LogP contribution in [0, 0.1) is 5.82 Å². The molecule has 28 heavy (non-hydrogen) atoms. The van der Waals surface area contributed by atoms with Crippen LogP contribution < -0.4 is 15.5 Å². The third-order valence-electron chi connectivity index (χ3n) is 5.43. The van der Waals surface area contributed by atoms with Gasteiger partial charge in [0.2, 0.25) is 5.91 Å². The van der Waals surface area contributed by atoms with Crippen molar-refractivity contribution in [3.8, 4) is 0 Å². The number of nitrogens with one attached hydrogen (secondary N) is 2. The molecular weight excluding hydrogens is 361 g/mol. The van der Waals surface area contributed by atoms with Gasteiger partial charge in [0.15, 0.2) is 0 Å². The fourth-order valence-corrected chi connectivity index (χ4v) is 3.77. The van der Waals surface area contributed by atoms with E-state index in [0.717, 1.165) is 45.7 Å². The van der Waals surface area contributed by atoms with E-state index < -0.39 is 0 Å². The summed E-state index contributed by atoms with van der Waals surface area (Å²) < 4.78 is 13.4. The van der Waals surface area contributed by atoms with Crippen molar-refractivity contribution in [1.82, 2.24) is 20.4 Å². The first-order valence-electron chi connectivity index (χ1n) is 10.1. The quantitative estimate of drug-likeness (QED) is 0.687. The lowest BCUT2D eigenvalue weighted by Gasteiger charge is -2.33. The van der Waals surface area contributed by atoms with E-state index in [1.54, 1.807) is 12.1 Å². The summed E-state index contributed by atoms with van der Waals surface area (Å²) in [5.74, 6) is -0.488. The highest BCUT2D eigenvalue weighted by atomic mass is 19.1. The third-order valence-corrected chi connectivity index (χ3v) is 5.43. The summed E-state index contributed by atoms with van der Waals surface area (Å²) in [6.07, 6.45) is 1.13. The van der Waals surface area contributed by atoms with E-state index in [1.165, 1.54) is 17.0 Å². The molecule has 0 aromatic heterocycles. The van der Waals surface area contributed by atoms with Gasteiger partial charge in [0.1, 0.15) is 5.82 Å². The van der Waals surface area contributed by atoms with Gasteiger partial charge in [-0.3, -0.25) is 4.79 Å². The van der Waals surface area contributed by atoms with Crippen LogP contribution in [0.1, 0.15) is 19.8 Å². The molecule has 8 heteroatoms. The summed E-state index contributed by atoms with van der Waals surface area (Å²) in [5.41, 5.74) is 0.526. The number of carbonyl (C=O) groups excluding carboxylic acids is 2. The Balaban J connectivity index is 1.33. The van der Waals surface area contributed by atoms with E-state index in [9.17, 15) is 14.0 Å². The summed E-state index contributed by atoms with van der Waals surface area (Å²) in [6, 6.07) is 5.43. The van der Waals surface area contributed by atoms with Gasteiger partial charge in [0, 0.05) is 51.4 Å². The van der Waals surface area contributed by atoms with E-state index >= 15 is 0 Å². The molecule has 3 rings (SSSR count). The van der Waals surface area contributed by atoms with E-state index in [2.05, 4.69) is 27.4 Å². The van der Waals surface area contributed by atoms with Crippen LogP contribution in [0.15, 0.2) is 24.3 Å². The van der Waals surface area contributed by atoms with Crippen LogP contribution in [-0.2, 0) is 4.79 Å². The highest BCUT2D eigenvalue weighted by molar-refractivity contribution is 5.96. The molecule has 1 aromatic rings. The Morgan fingerprint density at radius 3 is 2.68 bits per heavy atom. The number of nitrogens with zero attached hydrogens (tertiary/aromatic N) is 3. The molecule has 0 aliphatic carbocycles. The number of urea groups is 1. The van der Waals surface area contributed by atoms with Gasteiger partial charge in [-0.25, -0.2) is 9.18 Å². The molecule has 1 aromatic carbocycles. The van der Waals surface area contributed by atoms with Crippen LogP contribution in [0.3, 0.4) is 0 Å². The van der Waals surface area contributed by atoms with E-state index in [-0.39, 0.29) is 30.2 Å². The molecule has 2 aliphatic rings. The molecule has 154 valence electrons. The van der Waals surface area contributed by atoms with Crippen molar-refractivity contribution >= 4 is 17.6 Å². The molecule has 1 atom stereocenters. The number of halogens is 1. The maximum Gasteiger partial charge on any atom is 0.315 e. The molecule has 0 bridgehead atoms. The third kappa shape index (κ3) is 5.65. The SMILES string of the molecule is CCN1CCN(CCCNC(=O)N[C@H]2CC(=O)N(c3cccc(F)c3)C2)CC1. The van der Waals surface area contributed by atoms with Gasteiger partial charge >= 0.3 is 6.03 Å². The minimum atomic E-state index is -0.379. The Morgan fingerprint density at radius 1 is 1.21 bits per heavy atom. The predicted molar refractivity (Wildman–Crippen MR) is 107 cm³/mol. The van der Waals surface area contributed by atoms with Gasteiger partial charge in [0.25, 0.3) is 0 Å². The molecule has 2 fully saturated rings. The highest BCUT2D eigenvalue weighted by Crippen LogP contribution is 2.22. The maximum atomic E-state index is 13.4. The van der Waals surface area contributed by atoms with Crippen LogP contribution in [0.2, 0.25) is 0 Å². The average Bonchev–Trinajstić information content (AvgIpc) is 3.05. The zero-order valence-electron chi connectivity index (χ0n) is 16.5. The van der Waals surface area contributed by atoms with Crippen molar-refractivity contribution in [3.05, 3.63) is 30.1 Å². The Kier molecular flexibility index (Phi) is 7.22. The second kappa shape index (κ2) is 9.84. The van der Waals surface area contributed by atoms with Crippen molar-refractivity contribution in [1.29, 1.82) is 0 Å². The predicted octanol–water partition coefficient (Wildman–Crippen LogP) is 1.26. The van der Waals surface area contributed by atoms with Gasteiger partial charge in [-0.05, 0) is 37.7 Å². The summed E-state index contributed by atoms with van der Waals surface area (Å²) in [7, 11) is 0. The van der Waals surface area contributed by atoms with Crippen LogP contribution >= 0.6 is 0 Å². The number of carbonyl (C=O) groups is 2. The molecule has 0 spiro atoms. The van der Waals surface area contributed by atoms with Crippen LogP contribution in [0.25, 0.3) is 0 Å². The average molecular weight is 391 g/mol. The molecule has 7 nitrogen and oxygen atoms in total. The first-order valence-corrected chi connectivity index (χ1v) is 10.1. The Morgan fingerprint density at radius 2 is 1.96 bits per heavy atom. The first kappa shape index (κ1) is 20.5. The van der Waals surface area contributed by atoms with Crippen LogP contribution in [0.5, 0.6) is 0 Å². The van der Waals surface area contributed by atoms with E-state index in [0.29, 0.717) is 18.8 Å². The molecule has 2 aliphatic heterocycles. The fraction of sp³-hybridized carbons (Fsp3) is 0.600. The number of rotatable bonds is 7. The van der Waals surface area contributed by atoms with Crippen molar-refractivity contribution in [2.45, 2.75) is 25.8 Å². The lowest BCUT2D eigenvalue weighted by atomic mass is 10.2. The van der Waals surface area contributed by atoms with E-state index in [4.69, 9.17) is 0 Å². The van der Waals surface area contributed by atoms with Gasteiger partial charge in [0.05, 0.1) is 6.04 Å². The number of benzene rings is 1. The lowest BCUT2D eigenvalue weighted by Crippen LogP contribution is -2.47. The minimum Gasteiger partial charge on any atom is -0.338 e. The molecule has 2 N–H and O–H groups in total. The largest absolute Gasteiger partial charge is 0.338 e. The number of hydrogen-bond acceptors (Lipinski definition) is 4. The molecular formula is C20H30FN5O2. The summed E-state index contributed by atoms with van der Waals surface area (Å²) in [6.45, 7) is 9.63. The normalized spacial score (nSPS) is 21.1.